The lowest BCUT2D eigenvalue weighted by atomic mass is 10.3. The van der Waals surface area contributed by atoms with Gasteiger partial charge in [-0.2, -0.15) is 0 Å². The highest BCUT2D eigenvalue weighted by Gasteiger charge is 1.97. The van der Waals surface area contributed by atoms with Gasteiger partial charge in [-0.15, -0.1) is 0 Å². The SMILES string of the molecule is Nc1ccc(OCCOCCOCCOCCOCCOCCOCCOCCC(=O)O)cc1. The van der Waals surface area contributed by atoms with Gasteiger partial charge in [0.25, 0.3) is 0 Å². The Kier molecular flexibility index (Phi) is 20.1. The van der Waals surface area contributed by atoms with Crippen LogP contribution in [0, 0.1) is 0 Å². The van der Waals surface area contributed by atoms with E-state index in [1.54, 1.807) is 12.1 Å². The number of ether oxygens (including phenoxy) is 8. The van der Waals surface area contributed by atoms with Crippen molar-refractivity contribution in [2.75, 3.05) is 105 Å². The second kappa shape index (κ2) is 22.8. The van der Waals surface area contributed by atoms with Crippen molar-refractivity contribution in [1.82, 2.24) is 0 Å². The largest absolute Gasteiger partial charge is 0.491 e. The maximum atomic E-state index is 10.3. The van der Waals surface area contributed by atoms with Crippen molar-refractivity contribution in [3.63, 3.8) is 0 Å². The van der Waals surface area contributed by atoms with Crippen LogP contribution in [0.5, 0.6) is 5.75 Å². The van der Waals surface area contributed by atoms with Crippen LogP contribution in [-0.4, -0.2) is 110 Å². The number of rotatable bonds is 25. The van der Waals surface area contributed by atoms with Crippen molar-refractivity contribution in [1.29, 1.82) is 0 Å². The van der Waals surface area contributed by atoms with Crippen LogP contribution in [0.2, 0.25) is 0 Å². The fourth-order valence-corrected chi connectivity index (χ4v) is 2.36. The Morgan fingerprint density at radius 2 is 0.882 bits per heavy atom. The molecule has 11 heteroatoms. The van der Waals surface area contributed by atoms with E-state index in [1.165, 1.54) is 0 Å². The molecule has 3 N–H and O–H groups in total. The van der Waals surface area contributed by atoms with Gasteiger partial charge in [-0.1, -0.05) is 0 Å². The molecule has 0 saturated heterocycles. The van der Waals surface area contributed by atoms with E-state index in [4.69, 9.17) is 48.7 Å². The van der Waals surface area contributed by atoms with Gasteiger partial charge >= 0.3 is 5.97 Å². The molecule has 34 heavy (non-hydrogen) atoms. The van der Waals surface area contributed by atoms with E-state index in [-0.39, 0.29) is 13.0 Å². The first-order valence-corrected chi connectivity index (χ1v) is 11.4. The zero-order valence-corrected chi connectivity index (χ0v) is 19.8. The molecule has 0 bridgehead atoms. The Bertz CT molecular complexity index is 588. The van der Waals surface area contributed by atoms with E-state index in [1.807, 2.05) is 12.1 Å². The van der Waals surface area contributed by atoms with Crippen LogP contribution < -0.4 is 10.5 Å². The molecule has 0 unspecified atom stereocenters. The lowest BCUT2D eigenvalue weighted by molar-refractivity contribution is -0.138. The number of carboxylic acid groups (broad SMARTS) is 1. The Labute approximate surface area is 201 Å². The first kappa shape index (κ1) is 30.0. The minimum Gasteiger partial charge on any atom is -0.491 e. The van der Waals surface area contributed by atoms with Crippen molar-refractivity contribution in [3.8, 4) is 5.75 Å². The average molecular weight is 490 g/mol. The molecule has 1 rings (SSSR count). The molecule has 1 aromatic rings. The van der Waals surface area contributed by atoms with Gasteiger partial charge in [0.2, 0.25) is 0 Å². The smallest absolute Gasteiger partial charge is 0.305 e. The Morgan fingerprint density at radius 3 is 1.24 bits per heavy atom. The van der Waals surface area contributed by atoms with Gasteiger partial charge in [-0.3, -0.25) is 4.79 Å². The van der Waals surface area contributed by atoms with Crippen molar-refractivity contribution in [2.24, 2.45) is 0 Å². The van der Waals surface area contributed by atoms with Crippen LogP contribution >= 0.6 is 0 Å². The zero-order chi connectivity index (χ0) is 24.5. The Balaban J connectivity index is 1.67. The maximum Gasteiger partial charge on any atom is 0.305 e. The molecule has 0 aliphatic heterocycles. The third-order valence-electron chi connectivity index (χ3n) is 4.07. The molecule has 0 saturated carbocycles. The highest BCUT2D eigenvalue weighted by molar-refractivity contribution is 5.66. The number of hydrogen-bond acceptors (Lipinski definition) is 10. The van der Waals surface area contributed by atoms with Gasteiger partial charge in [0.1, 0.15) is 12.4 Å². The molecule has 1 aromatic carbocycles. The van der Waals surface area contributed by atoms with E-state index in [0.29, 0.717) is 98.2 Å². The summed E-state index contributed by atoms with van der Waals surface area (Å²) in [5.41, 5.74) is 6.32. The second-order valence-corrected chi connectivity index (χ2v) is 6.85. The summed E-state index contributed by atoms with van der Waals surface area (Å²) in [6.07, 6.45) is 0.00149. The highest BCUT2D eigenvalue weighted by atomic mass is 16.6. The van der Waals surface area contributed by atoms with Crippen LogP contribution in [0.1, 0.15) is 6.42 Å². The summed E-state index contributed by atoms with van der Waals surface area (Å²) in [5, 5.41) is 8.46. The fraction of sp³-hybridized carbons (Fsp3) is 0.696. The number of benzene rings is 1. The third kappa shape index (κ3) is 20.6. The Hall–Kier alpha value is -1.99. The van der Waals surface area contributed by atoms with Gasteiger partial charge < -0.3 is 48.7 Å². The summed E-state index contributed by atoms with van der Waals surface area (Å²) >= 11 is 0. The molecule has 0 aromatic heterocycles. The quantitative estimate of drug-likeness (QED) is 0.152. The third-order valence-corrected chi connectivity index (χ3v) is 4.07. The number of aliphatic carboxylic acids is 1. The molecular weight excluding hydrogens is 450 g/mol. The normalized spacial score (nSPS) is 11.1. The lowest BCUT2D eigenvalue weighted by Gasteiger charge is -2.09. The molecule has 11 nitrogen and oxygen atoms in total. The van der Waals surface area contributed by atoms with Gasteiger partial charge in [-0.25, -0.2) is 0 Å². The van der Waals surface area contributed by atoms with Crippen LogP contribution in [0.15, 0.2) is 24.3 Å². The molecule has 0 radical (unpaired) electrons. The molecule has 196 valence electrons. The van der Waals surface area contributed by atoms with Crippen LogP contribution in [-0.2, 0) is 38.0 Å². The summed E-state index contributed by atoms with van der Waals surface area (Å²) in [5.74, 6) is -0.105. The number of anilines is 1. The molecule has 0 aliphatic carbocycles. The molecular formula is C23H39NO10. The van der Waals surface area contributed by atoms with Gasteiger partial charge in [0.15, 0.2) is 0 Å². The van der Waals surface area contributed by atoms with Crippen LogP contribution in [0.3, 0.4) is 0 Å². The van der Waals surface area contributed by atoms with Gasteiger partial charge in [0, 0.05) is 5.69 Å². The van der Waals surface area contributed by atoms with E-state index >= 15 is 0 Å². The lowest BCUT2D eigenvalue weighted by Crippen LogP contribution is -2.15. The molecule has 0 amide bonds. The number of carboxylic acids is 1. The van der Waals surface area contributed by atoms with Crippen LogP contribution in [0.25, 0.3) is 0 Å². The molecule has 0 spiro atoms. The second-order valence-electron chi connectivity index (χ2n) is 6.85. The van der Waals surface area contributed by atoms with Gasteiger partial charge in [0.05, 0.1) is 98.9 Å². The molecule has 0 atom stereocenters. The summed E-state index contributed by atoms with van der Waals surface area (Å²) in [6, 6.07) is 7.23. The van der Waals surface area contributed by atoms with E-state index < -0.39 is 5.97 Å². The predicted octanol–water partition coefficient (Wildman–Crippen LogP) is 1.24. The summed E-state index contributed by atoms with van der Waals surface area (Å²) in [7, 11) is 0. The minimum absolute atomic E-state index is 0.00149. The first-order chi connectivity index (χ1) is 16.7. The first-order valence-electron chi connectivity index (χ1n) is 11.4. The van der Waals surface area contributed by atoms with Crippen molar-refractivity contribution < 1.29 is 47.8 Å². The number of carbonyl (C=O) groups is 1. The zero-order valence-electron chi connectivity index (χ0n) is 19.8. The summed E-state index contributed by atoms with van der Waals surface area (Å²) in [4.78, 5) is 10.3. The average Bonchev–Trinajstić information content (AvgIpc) is 2.82. The number of nitrogens with two attached hydrogens (primary N) is 1. The van der Waals surface area contributed by atoms with Gasteiger partial charge in [-0.05, 0) is 24.3 Å². The molecule has 0 aliphatic rings. The minimum atomic E-state index is -0.872. The standard InChI is InChI=1S/C23H39NO10/c24-21-1-3-22(4-2-21)34-20-19-33-18-17-32-16-15-31-14-13-30-12-11-29-10-9-28-8-7-27-6-5-23(25)26/h1-4H,5-20,24H2,(H,25,26). The van der Waals surface area contributed by atoms with E-state index in [2.05, 4.69) is 0 Å². The maximum absolute atomic E-state index is 10.3. The summed E-state index contributed by atoms with van der Waals surface area (Å²) < 4.78 is 43.0. The Morgan fingerprint density at radius 1 is 0.559 bits per heavy atom. The van der Waals surface area contributed by atoms with Crippen molar-refractivity contribution >= 4 is 11.7 Å². The fourth-order valence-electron chi connectivity index (χ4n) is 2.36. The number of nitrogen functional groups attached to an aromatic ring is 1. The molecule has 0 heterocycles. The van der Waals surface area contributed by atoms with E-state index in [9.17, 15) is 4.79 Å². The summed E-state index contributed by atoms with van der Waals surface area (Å²) in [6.45, 7) is 6.80. The number of hydrogen-bond donors (Lipinski definition) is 2. The monoisotopic (exact) mass is 489 g/mol. The molecule has 0 fully saturated rings. The topological polar surface area (TPSA) is 137 Å². The van der Waals surface area contributed by atoms with Crippen molar-refractivity contribution in [3.05, 3.63) is 24.3 Å². The highest BCUT2D eigenvalue weighted by Crippen LogP contribution is 2.12. The van der Waals surface area contributed by atoms with Crippen molar-refractivity contribution in [2.45, 2.75) is 6.42 Å². The van der Waals surface area contributed by atoms with E-state index in [0.717, 1.165) is 5.75 Å². The van der Waals surface area contributed by atoms with Crippen LogP contribution in [0.4, 0.5) is 5.69 Å². The predicted molar refractivity (Wildman–Crippen MR) is 124 cm³/mol.